The Morgan fingerprint density at radius 3 is 2.91 bits per heavy atom. The van der Waals surface area contributed by atoms with Gasteiger partial charge in [-0.1, -0.05) is 6.07 Å². The predicted octanol–water partition coefficient (Wildman–Crippen LogP) is 1.91. The molecule has 1 aliphatic heterocycles. The number of hydrogen-bond donors (Lipinski definition) is 2. The molecule has 0 saturated carbocycles. The molecule has 22 heavy (non-hydrogen) atoms. The molecule has 122 valence electrons. The van der Waals surface area contributed by atoms with Crippen molar-refractivity contribution in [2.45, 2.75) is 26.5 Å². The summed E-state index contributed by atoms with van der Waals surface area (Å²) in [6.45, 7) is 1.06. The second kappa shape index (κ2) is 7.93. The molecule has 0 bridgehead atoms. The summed E-state index contributed by atoms with van der Waals surface area (Å²) < 4.78 is 34.4. The fraction of sp³-hybridized carbons (Fsp3) is 0.533. The van der Waals surface area contributed by atoms with Crippen LogP contribution in [0.4, 0.5) is 8.78 Å². The molecule has 7 heteroatoms. The zero-order valence-corrected chi connectivity index (χ0v) is 12.4. The highest BCUT2D eigenvalue weighted by molar-refractivity contribution is 5.79. The Balaban J connectivity index is 1.98. The van der Waals surface area contributed by atoms with Gasteiger partial charge in [-0.2, -0.15) is 8.78 Å². The lowest BCUT2D eigenvalue weighted by molar-refractivity contribution is -0.124. The molecule has 0 radical (unpaired) electrons. The van der Waals surface area contributed by atoms with Gasteiger partial charge in [-0.05, 0) is 37.6 Å². The van der Waals surface area contributed by atoms with Crippen molar-refractivity contribution >= 4 is 5.91 Å². The predicted molar refractivity (Wildman–Crippen MR) is 77.1 cm³/mol. The Bertz CT molecular complexity index is 506. The number of halogens is 2. The molecule has 2 rings (SSSR count). The maximum absolute atomic E-state index is 12.3. The monoisotopic (exact) mass is 314 g/mol. The maximum atomic E-state index is 12.3. The number of carbonyl (C=O) groups is 1. The summed E-state index contributed by atoms with van der Waals surface area (Å²) in [5.41, 5.74) is 0.768. The molecule has 1 heterocycles. The molecule has 1 fully saturated rings. The number of hydrogen-bond acceptors (Lipinski definition) is 4. The van der Waals surface area contributed by atoms with Gasteiger partial charge in [-0.25, -0.2) is 0 Å². The van der Waals surface area contributed by atoms with Gasteiger partial charge in [0.25, 0.3) is 0 Å². The first-order valence-corrected chi connectivity index (χ1v) is 7.29. The SMILES string of the molecule is CCOc1cc(CNC(=O)C2CCNC2)ccc1OC(F)F. The van der Waals surface area contributed by atoms with Crippen molar-refractivity contribution in [2.24, 2.45) is 5.92 Å². The van der Waals surface area contributed by atoms with E-state index in [2.05, 4.69) is 15.4 Å². The third kappa shape index (κ3) is 4.56. The van der Waals surface area contributed by atoms with E-state index in [1.165, 1.54) is 6.07 Å². The van der Waals surface area contributed by atoms with Gasteiger partial charge in [0, 0.05) is 13.1 Å². The standard InChI is InChI=1S/C15H20F2N2O3/c1-2-21-13-7-10(3-4-12(13)22-15(16)17)8-19-14(20)11-5-6-18-9-11/h3-4,7,11,15,18H,2,5-6,8-9H2,1H3,(H,19,20). The quantitative estimate of drug-likeness (QED) is 0.807. The molecule has 2 N–H and O–H groups in total. The first kappa shape index (κ1) is 16.5. The smallest absolute Gasteiger partial charge is 0.387 e. The largest absolute Gasteiger partial charge is 0.490 e. The fourth-order valence-electron chi connectivity index (χ4n) is 2.34. The molecule has 0 aromatic heterocycles. The lowest BCUT2D eigenvalue weighted by Crippen LogP contribution is -2.31. The molecule has 1 atom stereocenters. The lowest BCUT2D eigenvalue weighted by atomic mass is 10.1. The average molecular weight is 314 g/mol. The van der Waals surface area contributed by atoms with Crippen LogP contribution < -0.4 is 20.1 Å². The van der Waals surface area contributed by atoms with E-state index in [1.54, 1.807) is 19.1 Å². The van der Waals surface area contributed by atoms with E-state index in [0.717, 1.165) is 18.5 Å². The molecule has 1 amide bonds. The van der Waals surface area contributed by atoms with Gasteiger partial charge in [-0.3, -0.25) is 4.79 Å². The zero-order valence-electron chi connectivity index (χ0n) is 12.4. The highest BCUT2D eigenvalue weighted by Gasteiger charge is 2.22. The molecule has 1 unspecified atom stereocenters. The van der Waals surface area contributed by atoms with E-state index in [-0.39, 0.29) is 23.3 Å². The topological polar surface area (TPSA) is 59.6 Å². The number of carbonyl (C=O) groups excluding carboxylic acids is 1. The van der Waals surface area contributed by atoms with Gasteiger partial charge < -0.3 is 20.1 Å². The minimum absolute atomic E-state index is 0.00383. The van der Waals surface area contributed by atoms with E-state index in [9.17, 15) is 13.6 Å². The highest BCUT2D eigenvalue weighted by atomic mass is 19.3. The third-order valence-corrected chi connectivity index (χ3v) is 3.42. The Labute approximate surface area is 128 Å². The van der Waals surface area contributed by atoms with E-state index < -0.39 is 6.61 Å². The number of benzene rings is 1. The maximum Gasteiger partial charge on any atom is 0.387 e. The summed E-state index contributed by atoms with van der Waals surface area (Å²) in [6.07, 6.45) is 0.831. The Morgan fingerprint density at radius 1 is 1.45 bits per heavy atom. The highest BCUT2D eigenvalue weighted by Crippen LogP contribution is 2.29. The number of amides is 1. The molecule has 1 aromatic carbocycles. The van der Waals surface area contributed by atoms with E-state index in [4.69, 9.17) is 4.74 Å². The molecule has 0 aliphatic carbocycles. The van der Waals surface area contributed by atoms with Gasteiger partial charge in [0.2, 0.25) is 5.91 Å². The number of rotatable bonds is 7. The van der Waals surface area contributed by atoms with Crippen molar-refractivity contribution in [2.75, 3.05) is 19.7 Å². The molecular weight excluding hydrogens is 294 g/mol. The van der Waals surface area contributed by atoms with E-state index in [1.807, 2.05) is 0 Å². The lowest BCUT2D eigenvalue weighted by Gasteiger charge is -2.14. The molecule has 5 nitrogen and oxygen atoms in total. The first-order valence-electron chi connectivity index (χ1n) is 7.29. The van der Waals surface area contributed by atoms with Crippen molar-refractivity contribution in [1.82, 2.24) is 10.6 Å². The summed E-state index contributed by atoms with van der Waals surface area (Å²) >= 11 is 0. The van der Waals surface area contributed by atoms with Crippen molar-refractivity contribution in [3.05, 3.63) is 23.8 Å². The molecule has 1 aromatic rings. The van der Waals surface area contributed by atoms with Crippen molar-refractivity contribution in [3.8, 4) is 11.5 Å². The second-order valence-electron chi connectivity index (χ2n) is 5.00. The number of nitrogens with one attached hydrogen (secondary N) is 2. The van der Waals surface area contributed by atoms with Gasteiger partial charge in [0.05, 0.1) is 12.5 Å². The second-order valence-corrected chi connectivity index (χ2v) is 5.00. The summed E-state index contributed by atoms with van der Waals surface area (Å²) in [6, 6.07) is 4.66. The van der Waals surface area contributed by atoms with Crippen LogP contribution in [0.2, 0.25) is 0 Å². The Hall–Kier alpha value is -1.89. The van der Waals surface area contributed by atoms with Crippen LogP contribution in [0.1, 0.15) is 18.9 Å². The molecule has 0 spiro atoms. The fourth-order valence-corrected chi connectivity index (χ4v) is 2.34. The zero-order chi connectivity index (χ0) is 15.9. The summed E-state index contributed by atoms with van der Waals surface area (Å²) in [5, 5.41) is 5.98. The van der Waals surface area contributed by atoms with Crippen LogP contribution in [0, 0.1) is 5.92 Å². The van der Waals surface area contributed by atoms with Crippen molar-refractivity contribution in [3.63, 3.8) is 0 Å². The van der Waals surface area contributed by atoms with Gasteiger partial charge in [-0.15, -0.1) is 0 Å². The van der Waals surface area contributed by atoms with Gasteiger partial charge >= 0.3 is 6.61 Å². The molecule has 1 saturated heterocycles. The number of alkyl halides is 2. The van der Waals surface area contributed by atoms with Gasteiger partial charge in [0.15, 0.2) is 11.5 Å². The summed E-state index contributed by atoms with van der Waals surface area (Å²) in [7, 11) is 0. The van der Waals surface area contributed by atoms with Crippen LogP contribution in [-0.4, -0.2) is 32.2 Å². The summed E-state index contributed by atoms with van der Waals surface area (Å²) in [5.74, 6) is 0.229. The molecular formula is C15H20F2N2O3. The van der Waals surface area contributed by atoms with Crippen LogP contribution in [0.15, 0.2) is 18.2 Å². The Kier molecular flexibility index (Phi) is 5.94. The van der Waals surface area contributed by atoms with Crippen molar-refractivity contribution < 1.29 is 23.0 Å². The first-order chi connectivity index (χ1) is 10.6. The van der Waals surface area contributed by atoms with Crippen LogP contribution in [-0.2, 0) is 11.3 Å². The van der Waals surface area contributed by atoms with Crippen LogP contribution in [0.3, 0.4) is 0 Å². The van der Waals surface area contributed by atoms with E-state index in [0.29, 0.717) is 19.7 Å². The summed E-state index contributed by atoms with van der Waals surface area (Å²) in [4.78, 5) is 11.9. The third-order valence-electron chi connectivity index (χ3n) is 3.42. The number of ether oxygens (including phenoxy) is 2. The minimum Gasteiger partial charge on any atom is -0.490 e. The van der Waals surface area contributed by atoms with Crippen LogP contribution in [0.5, 0.6) is 11.5 Å². The van der Waals surface area contributed by atoms with Crippen LogP contribution >= 0.6 is 0 Å². The van der Waals surface area contributed by atoms with E-state index >= 15 is 0 Å². The van der Waals surface area contributed by atoms with Crippen LogP contribution in [0.25, 0.3) is 0 Å². The average Bonchev–Trinajstić information content (AvgIpc) is 3.01. The Morgan fingerprint density at radius 2 is 2.27 bits per heavy atom. The molecule has 1 aliphatic rings. The normalized spacial score (nSPS) is 17.5. The van der Waals surface area contributed by atoms with Crippen molar-refractivity contribution in [1.29, 1.82) is 0 Å². The van der Waals surface area contributed by atoms with Gasteiger partial charge in [0.1, 0.15) is 0 Å². The minimum atomic E-state index is -2.90.